The SMILES string of the molecule is O=C1C(Nc2ccc(F)c(F)c2)=C(Br)C(=O)c2ncncc21. The van der Waals surface area contributed by atoms with Crippen LogP contribution in [0.25, 0.3) is 0 Å². The van der Waals surface area contributed by atoms with Gasteiger partial charge in [-0.3, -0.25) is 9.59 Å². The second kappa shape index (κ2) is 5.38. The lowest BCUT2D eigenvalue weighted by Gasteiger charge is -2.18. The number of anilines is 1. The Bertz CT molecular complexity index is 852. The van der Waals surface area contributed by atoms with E-state index in [0.29, 0.717) is 0 Å². The Morgan fingerprint density at radius 2 is 1.86 bits per heavy atom. The van der Waals surface area contributed by atoms with Crippen molar-refractivity contribution in [1.29, 1.82) is 0 Å². The fourth-order valence-corrected chi connectivity index (χ4v) is 2.43. The van der Waals surface area contributed by atoms with Crippen LogP contribution in [-0.4, -0.2) is 21.5 Å². The molecule has 0 amide bonds. The lowest BCUT2D eigenvalue weighted by Crippen LogP contribution is -2.25. The van der Waals surface area contributed by atoms with Gasteiger partial charge in [0.25, 0.3) is 0 Å². The van der Waals surface area contributed by atoms with E-state index in [4.69, 9.17) is 0 Å². The molecule has 1 aromatic carbocycles. The molecule has 1 aliphatic rings. The monoisotopic (exact) mass is 365 g/mol. The van der Waals surface area contributed by atoms with Crippen LogP contribution < -0.4 is 5.32 Å². The number of allylic oxidation sites excluding steroid dienone is 2. The van der Waals surface area contributed by atoms with Crippen molar-refractivity contribution in [2.45, 2.75) is 0 Å². The Labute approximate surface area is 131 Å². The molecular formula is C14H6BrF2N3O2. The van der Waals surface area contributed by atoms with Crippen molar-refractivity contribution in [3.8, 4) is 0 Å². The number of benzene rings is 1. The second-order valence-electron chi connectivity index (χ2n) is 4.39. The predicted octanol–water partition coefficient (Wildman–Crippen LogP) is 2.85. The molecule has 8 heteroatoms. The largest absolute Gasteiger partial charge is 0.351 e. The third-order valence-electron chi connectivity index (χ3n) is 3.01. The van der Waals surface area contributed by atoms with Gasteiger partial charge in [-0.25, -0.2) is 18.7 Å². The number of carbonyl (C=O) groups excluding carboxylic acids is 2. The van der Waals surface area contributed by atoms with E-state index in [1.807, 2.05) is 0 Å². The Morgan fingerprint density at radius 3 is 2.59 bits per heavy atom. The molecule has 0 radical (unpaired) electrons. The van der Waals surface area contributed by atoms with Crippen LogP contribution in [0, 0.1) is 11.6 Å². The fraction of sp³-hybridized carbons (Fsp3) is 0. The summed E-state index contributed by atoms with van der Waals surface area (Å²) in [5.41, 5.74) is 0.0779. The molecule has 22 heavy (non-hydrogen) atoms. The van der Waals surface area contributed by atoms with Crippen LogP contribution >= 0.6 is 15.9 Å². The number of carbonyl (C=O) groups is 2. The summed E-state index contributed by atoms with van der Waals surface area (Å²) in [5, 5.41) is 2.62. The Balaban J connectivity index is 2.03. The van der Waals surface area contributed by atoms with Gasteiger partial charge in [0, 0.05) is 18.0 Å². The first-order valence-electron chi connectivity index (χ1n) is 6.00. The van der Waals surface area contributed by atoms with Crippen LogP contribution in [-0.2, 0) is 0 Å². The van der Waals surface area contributed by atoms with Gasteiger partial charge in [-0.15, -0.1) is 0 Å². The van der Waals surface area contributed by atoms with Crippen molar-refractivity contribution < 1.29 is 18.4 Å². The molecule has 1 heterocycles. The van der Waals surface area contributed by atoms with E-state index in [-0.39, 0.29) is 27.1 Å². The van der Waals surface area contributed by atoms with Crippen LogP contribution in [0.2, 0.25) is 0 Å². The number of nitrogens with zero attached hydrogens (tertiary/aromatic N) is 2. The molecule has 0 atom stereocenters. The zero-order chi connectivity index (χ0) is 15.9. The lowest BCUT2D eigenvalue weighted by molar-refractivity contribution is 0.0979. The minimum atomic E-state index is -1.07. The molecule has 2 aromatic rings. The van der Waals surface area contributed by atoms with Crippen LogP contribution in [0.15, 0.2) is 40.9 Å². The number of aromatic nitrogens is 2. The number of rotatable bonds is 2. The molecule has 0 fully saturated rings. The van der Waals surface area contributed by atoms with Gasteiger partial charge in [0.2, 0.25) is 11.6 Å². The Morgan fingerprint density at radius 1 is 1.09 bits per heavy atom. The van der Waals surface area contributed by atoms with Crippen LogP contribution in [0.4, 0.5) is 14.5 Å². The maximum Gasteiger partial charge on any atom is 0.221 e. The van der Waals surface area contributed by atoms with Gasteiger partial charge in [-0.2, -0.15) is 0 Å². The van der Waals surface area contributed by atoms with Crippen molar-refractivity contribution in [2.75, 3.05) is 5.32 Å². The highest BCUT2D eigenvalue weighted by Crippen LogP contribution is 2.29. The summed E-state index contributed by atoms with van der Waals surface area (Å²) in [7, 11) is 0. The van der Waals surface area contributed by atoms with Crippen LogP contribution in [0.3, 0.4) is 0 Å². The van der Waals surface area contributed by atoms with E-state index in [9.17, 15) is 18.4 Å². The highest BCUT2D eigenvalue weighted by Gasteiger charge is 2.32. The number of fused-ring (bicyclic) bond motifs is 1. The van der Waals surface area contributed by atoms with E-state index in [1.54, 1.807) is 0 Å². The summed E-state index contributed by atoms with van der Waals surface area (Å²) in [6, 6.07) is 3.05. The molecular weight excluding hydrogens is 360 g/mol. The first kappa shape index (κ1) is 14.5. The minimum Gasteiger partial charge on any atom is -0.351 e. The molecule has 0 saturated carbocycles. The molecule has 0 unspecified atom stereocenters. The van der Waals surface area contributed by atoms with Gasteiger partial charge in [-0.05, 0) is 28.1 Å². The van der Waals surface area contributed by atoms with Gasteiger partial charge in [-0.1, -0.05) is 0 Å². The van der Waals surface area contributed by atoms with E-state index in [1.165, 1.54) is 12.3 Å². The quantitative estimate of drug-likeness (QED) is 0.885. The zero-order valence-electron chi connectivity index (χ0n) is 10.7. The first-order valence-corrected chi connectivity index (χ1v) is 6.79. The molecule has 1 aliphatic carbocycles. The minimum absolute atomic E-state index is 0.0114. The maximum atomic E-state index is 13.2. The zero-order valence-corrected chi connectivity index (χ0v) is 12.3. The van der Waals surface area contributed by atoms with Crippen molar-refractivity contribution in [3.63, 3.8) is 0 Å². The Kier molecular flexibility index (Phi) is 3.53. The maximum absolute atomic E-state index is 13.2. The molecule has 0 aliphatic heterocycles. The van der Waals surface area contributed by atoms with Gasteiger partial charge in [0.05, 0.1) is 10.0 Å². The normalized spacial score (nSPS) is 14.1. The standard InChI is InChI=1S/C14H6BrF2N3O2/c15-10-12(20-6-1-2-8(16)9(17)3-6)13(21)7-4-18-5-19-11(7)14(10)22/h1-5,20H. The van der Waals surface area contributed by atoms with Crippen molar-refractivity contribution in [3.05, 3.63) is 63.8 Å². The summed E-state index contributed by atoms with van der Waals surface area (Å²) in [5.74, 6) is -3.10. The predicted molar refractivity (Wildman–Crippen MR) is 76.6 cm³/mol. The number of ketones is 2. The van der Waals surface area contributed by atoms with E-state index in [0.717, 1.165) is 18.5 Å². The van der Waals surface area contributed by atoms with Crippen LogP contribution in [0.5, 0.6) is 0 Å². The Hall–Kier alpha value is -2.48. The molecule has 1 N–H and O–H groups in total. The summed E-state index contributed by atoms with van der Waals surface area (Å²) < 4.78 is 26.1. The first-order chi connectivity index (χ1) is 10.5. The smallest absolute Gasteiger partial charge is 0.221 e. The highest BCUT2D eigenvalue weighted by atomic mass is 79.9. The third kappa shape index (κ3) is 2.31. The van der Waals surface area contributed by atoms with Crippen molar-refractivity contribution in [1.82, 2.24) is 9.97 Å². The third-order valence-corrected chi connectivity index (χ3v) is 3.76. The number of Topliss-reactive ketones (excluding diaryl/α,β-unsaturated/α-hetero) is 2. The summed E-state index contributed by atoms with van der Waals surface area (Å²) in [6.45, 7) is 0. The average Bonchev–Trinajstić information content (AvgIpc) is 2.53. The summed E-state index contributed by atoms with van der Waals surface area (Å²) >= 11 is 3.04. The number of nitrogens with one attached hydrogen (secondary N) is 1. The molecule has 0 bridgehead atoms. The molecule has 5 nitrogen and oxygen atoms in total. The average molecular weight is 366 g/mol. The van der Waals surface area contributed by atoms with Crippen molar-refractivity contribution in [2.24, 2.45) is 0 Å². The summed E-state index contributed by atoms with van der Waals surface area (Å²) in [4.78, 5) is 32.0. The van der Waals surface area contributed by atoms with Crippen molar-refractivity contribution >= 4 is 33.2 Å². The number of hydrogen-bond acceptors (Lipinski definition) is 5. The fourth-order valence-electron chi connectivity index (χ4n) is 1.96. The van der Waals surface area contributed by atoms with Gasteiger partial charge >= 0.3 is 0 Å². The molecule has 0 spiro atoms. The molecule has 110 valence electrons. The van der Waals surface area contributed by atoms with E-state index in [2.05, 4.69) is 31.2 Å². The lowest BCUT2D eigenvalue weighted by atomic mass is 9.98. The molecule has 3 rings (SSSR count). The van der Waals surface area contributed by atoms with Crippen LogP contribution in [0.1, 0.15) is 20.8 Å². The van der Waals surface area contributed by atoms with Gasteiger partial charge in [0.1, 0.15) is 17.7 Å². The molecule has 1 aromatic heterocycles. The second-order valence-corrected chi connectivity index (χ2v) is 5.18. The molecule has 0 saturated heterocycles. The number of hydrogen-bond donors (Lipinski definition) is 1. The summed E-state index contributed by atoms with van der Waals surface area (Å²) in [6.07, 6.45) is 2.40. The topological polar surface area (TPSA) is 72.0 Å². The van der Waals surface area contributed by atoms with Gasteiger partial charge in [0.15, 0.2) is 11.6 Å². The number of halogens is 3. The van der Waals surface area contributed by atoms with E-state index >= 15 is 0 Å². The van der Waals surface area contributed by atoms with Gasteiger partial charge < -0.3 is 5.32 Å². The highest BCUT2D eigenvalue weighted by molar-refractivity contribution is 9.12. The van der Waals surface area contributed by atoms with E-state index < -0.39 is 23.2 Å².